The van der Waals surface area contributed by atoms with Crippen molar-refractivity contribution in [3.8, 4) is 0 Å². The lowest BCUT2D eigenvalue weighted by atomic mass is 10.2. The minimum absolute atomic E-state index is 0.128. The van der Waals surface area contributed by atoms with Gasteiger partial charge in [0.1, 0.15) is 5.75 Å². The van der Waals surface area contributed by atoms with Crippen molar-refractivity contribution in [2.24, 2.45) is 0 Å². The first kappa shape index (κ1) is 16.1. The number of nitrogen functional groups attached to an aromatic ring is 1. The summed E-state index contributed by atoms with van der Waals surface area (Å²) in [5.74, 6) is -1.34. The molecule has 116 valence electrons. The van der Waals surface area contributed by atoms with Gasteiger partial charge in [-0.15, -0.1) is 0 Å². The third-order valence-corrected chi connectivity index (χ3v) is 4.92. The molecule has 1 saturated heterocycles. The van der Waals surface area contributed by atoms with E-state index in [-0.39, 0.29) is 17.5 Å². The highest BCUT2D eigenvalue weighted by molar-refractivity contribution is 7.92. The fourth-order valence-electron chi connectivity index (χ4n) is 2.15. The first-order chi connectivity index (χ1) is 9.85. The van der Waals surface area contributed by atoms with Crippen molar-refractivity contribution in [3.05, 3.63) is 23.2 Å². The fraction of sp³-hybridized carbons (Fsp3) is 0.462. The Hall–Kier alpha value is -1.31. The Bertz CT molecular complexity index is 627. The van der Waals surface area contributed by atoms with Crippen molar-refractivity contribution >= 4 is 38.7 Å². The summed E-state index contributed by atoms with van der Waals surface area (Å²) in [5.41, 5.74) is 6.33. The van der Waals surface area contributed by atoms with Gasteiger partial charge >= 0.3 is 0 Å². The number of nitrogens with two attached hydrogens (primary N) is 1. The van der Waals surface area contributed by atoms with E-state index in [1.165, 1.54) is 12.1 Å². The van der Waals surface area contributed by atoms with E-state index in [2.05, 4.69) is 5.32 Å². The molecule has 0 aromatic heterocycles. The number of anilines is 2. The monoisotopic (exact) mass is 332 g/mol. The normalized spacial score (nSPS) is 18.6. The number of nitrogens with one attached hydrogen (secondary N) is 1. The van der Waals surface area contributed by atoms with Crippen molar-refractivity contribution in [1.82, 2.24) is 0 Å². The number of halogens is 1. The third kappa shape index (κ3) is 4.87. The topological polar surface area (TPSA) is 98.5 Å². The second kappa shape index (κ2) is 6.64. The zero-order chi connectivity index (χ0) is 15.5. The number of carbonyl (C=O) groups is 1. The molecular weight excluding hydrogens is 316 g/mol. The lowest BCUT2D eigenvalue weighted by Gasteiger charge is -2.11. The summed E-state index contributed by atoms with van der Waals surface area (Å²) in [6.45, 7) is 0.577. The van der Waals surface area contributed by atoms with Gasteiger partial charge in [0.25, 0.3) is 0 Å². The van der Waals surface area contributed by atoms with Crippen LogP contribution in [0.5, 0.6) is 0 Å². The van der Waals surface area contributed by atoms with Crippen molar-refractivity contribution in [1.29, 1.82) is 0 Å². The lowest BCUT2D eigenvalue weighted by molar-refractivity contribution is -0.113. The molecule has 1 aliphatic heterocycles. The summed E-state index contributed by atoms with van der Waals surface area (Å²) in [5, 5.41) is 2.92. The van der Waals surface area contributed by atoms with Crippen LogP contribution in [0.1, 0.15) is 12.8 Å². The summed E-state index contributed by atoms with van der Waals surface area (Å²) in [7, 11) is -3.51. The van der Waals surface area contributed by atoms with Crippen LogP contribution in [0.25, 0.3) is 0 Å². The van der Waals surface area contributed by atoms with Gasteiger partial charge in [-0.2, -0.15) is 0 Å². The maximum absolute atomic E-state index is 11.9. The molecule has 0 spiro atoms. The first-order valence-electron chi connectivity index (χ1n) is 6.52. The second-order valence-corrected chi connectivity index (χ2v) is 7.51. The van der Waals surface area contributed by atoms with E-state index < -0.39 is 21.5 Å². The van der Waals surface area contributed by atoms with Gasteiger partial charge in [0.05, 0.1) is 23.2 Å². The van der Waals surface area contributed by atoms with Crippen LogP contribution in [-0.4, -0.2) is 38.5 Å². The summed E-state index contributed by atoms with van der Waals surface area (Å²) in [6, 6.07) is 4.58. The molecule has 0 bridgehead atoms. The molecule has 1 heterocycles. The maximum Gasteiger partial charge on any atom is 0.239 e. The summed E-state index contributed by atoms with van der Waals surface area (Å²) in [4.78, 5) is 11.8. The van der Waals surface area contributed by atoms with E-state index in [9.17, 15) is 13.2 Å². The van der Waals surface area contributed by atoms with Gasteiger partial charge in [0.2, 0.25) is 5.91 Å². The molecule has 0 aliphatic carbocycles. The van der Waals surface area contributed by atoms with Crippen LogP contribution in [0, 0.1) is 0 Å². The van der Waals surface area contributed by atoms with Gasteiger partial charge in [0, 0.05) is 11.6 Å². The summed E-state index contributed by atoms with van der Waals surface area (Å²) in [6.07, 6.45) is 1.27. The third-order valence-electron chi connectivity index (χ3n) is 3.10. The van der Waals surface area contributed by atoms with Gasteiger partial charge < -0.3 is 15.8 Å². The lowest BCUT2D eigenvalue weighted by Crippen LogP contribution is -2.29. The number of carbonyl (C=O) groups excluding carboxylic acids is 1. The smallest absolute Gasteiger partial charge is 0.239 e. The Morgan fingerprint density at radius 2 is 2.24 bits per heavy atom. The summed E-state index contributed by atoms with van der Waals surface area (Å²) >= 11 is 5.75. The van der Waals surface area contributed by atoms with E-state index in [4.69, 9.17) is 22.1 Å². The number of ether oxygens (including phenoxy) is 1. The standard InChI is InChI=1S/C13H17ClN2O4S/c14-9-3-4-12(11(15)6-9)16-13(17)8-21(18,19)7-10-2-1-5-20-10/h3-4,6,10H,1-2,5,7-8,15H2,(H,16,17). The van der Waals surface area contributed by atoms with Crippen LogP contribution < -0.4 is 11.1 Å². The Morgan fingerprint density at radius 3 is 2.86 bits per heavy atom. The van der Waals surface area contributed by atoms with E-state index >= 15 is 0 Å². The van der Waals surface area contributed by atoms with Gasteiger partial charge in [-0.3, -0.25) is 4.79 Å². The highest BCUT2D eigenvalue weighted by Gasteiger charge is 2.25. The number of hydrogen-bond acceptors (Lipinski definition) is 5. The van der Waals surface area contributed by atoms with Gasteiger partial charge in [-0.25, -0.2) is 8.42 Å². The molecule has 8 heteroatoms. The van der Waals surface area contributed by atoms with E-state index in [0.29, 0.717) is 23.7 Å². The molecule has 1 fully saturated rings. The van der Waals surface area contributed by atoms with Crippen molar-refractivity contribution < 1.29 is 17.9 Å². The molecule has 21 heavy (non-hydrogen) atoms. The molecule has 6 nitrogen and oxygen atoms in total. The molecule has 1 aliphatic rings. The Morgan fingerprint density at radius 1 is 1.48 bits per heavy atom. The molecule has 1 amide bonds. The van der Waals surface area contributed by atoms with Crippen LogP contribution >= 0.6 is 11.6 Å². The number of amides is 1. The summed E-state index contributed by atoms with van der Waals surface area (Å²) < 4.78 is 29.1. The molecular formula is C13H17ClN2O4S. The Balaban J connectivity index is 1.94. The van der Waals surface area contributed by atoms with Crippen LogP contribution in [0.15, 0.2) is 18.2 Å². The molecule has 1 aromatic rings. The van der Waals surface area contributed by atoms with E-state index in [0.717, 1.165) is 6.42 Å². The second-order valence-electron chi connectivity index (χ2n) is 4.97. The SMILES string of the molecule is Nc1cc(Cl)ccc1NC(=O)CS(=O)(=O)CC1CCCO1. The zero-order valence-electron chi connectivity index (χ0n) is 11.3. The molecule has 1 unspecified atom stereocenters. The highest BCUT2D eigenvalue weighted by Crippen LogP contribution is 2.22. The number of sulfone groups is 1. The minimum Gasteiger partial charge on any atom is -0.397 e. The molecule has 0 radical (unpaired) electrons. The van der Waals surface area contributed by atoms with Crippen molar-refractivity contribution in [3.63, 3.8) is 0 Å². The predicted octanol–water partition coefficient (Wildman–Crippen LogP) is 1.45. The minimum atomic E-state index is -3.51. The number of benzene rings is 1. The molecule has 2 rings (SSSR count). The highest BCUT2D eigenvalue weighted by atomic mass is 35.5. The largest absolute Gasteiger partial charge is 0.397 e. The van der Waals surface area contributed by atoms with Crippen LogP contribution in [0.4, 0.5) is 11.4 Å². The van der Waals surface area contributed by atoms with E-state index in [1.54, 1.807) is 6.07 Å². The number of hydrogen-bond donors (Lipinski definition) is 2. The van der Waals surface area contributed by atoms with Crippen molar-refractivity contribution in [2.45, 2.75) is 18.9 Å². The molecule has 1 atom stereocenters. The average molecular weight is 333 g/mol. The van der Waals surface area contributed by atoms with Gasteiger partial charge in [-0.05, 0) is 31.0 Å². The fourth-order valence-corrected chi connectivity index (χ4v) is 3.75. The Kier molecular flexibility index (Phi) is 5.08. The van der Waals surface area contributed by atoms with Crippen LogP contribution in [-0.2, 0) is 19.4 Å². The zero-order valence-corrected chi connectivity index (χ0v) is 12.9. The van der Waals surface area contributed by atoms with Crippen LogP contribution in [0.3, 0.4) is 0 Å². The molecule has 0 saturated carbocycles. The van der Waals surface area contributed by atoms with Gasteiger partial charge in [0.15, 0.2) is 9.84 Å². The average Bonchev–Trinajstić information content (AvgIpc) is 2.84. The molecule has 1 aromatic carbocycles. The van der Waals surface area contributed by atoms with E-state index in [1.807, 2.05) is 0 Å². The van der Waals surface area contributed by atoms with Crippen LogP contribution in [0.2, 0.25) is 5.02 Å². The quantitative estimate of drug-likeness (QED) is 0.795. The molecule has 3 N–H and O–H groups in total. The first-order valence-corrected chi connectivity index (χ1v) is 8.72. The maximum atomic E-state index is 11.9. The number of rotatable bonds is 5. The predicted molar refractivity (Wildman–Crippen MR) is 82.1 cm³/mol. The van der Waals surface area contributed by atoms with Gasteiger partial charge in [-0.1, -0.05) is 11.6 Å². The Labute approximate surface area is 128 Å². The van der Waals surface area contributed by atoms with Crippen molar-refractivity contribution in [2.75, 3.05) is 29.2 Å².